The molecule has 0 aromatic heterocycles. The maximum absolute atomic E-state index is 11.3. The Balaban J connectivity index is 3.98. The molecule has 0 heterocycles. The molecule has 0 saturated heterocycles. The zero-order valence-electron chi connectivity index (χ0n) is 8.85. The lowest BCUT2D eigenvalue weighted by molar-refractivity contribution is -0.126. The minimum Gasteiger partial charge on any atom is -0.388 e. The molecule has 13 heavy (non-hydrogen) atoms. The predicted molar refractivity (Wildman–Crippen MR) is 52.2 cm³/mol. The van der Waals surface area contributed by atoms with Gasteiger partial charge >= 0.3 is 0 Å². The third-order valence-corrected chi connectivity index (χ3v) is 1.98. The second-order valence-electron chi connectivity index (χ2n) is 4.25. The fraction of sp³-hybridized carbons (Fsp3) is 0.889. The zero-order valence-corrected chi connectivity index (χ0v) is 8.85. The first-order valence-electron chi connectivity index (χ1n) is 4.48. The summed E-state index contributed by atoms with van der Waals surface area (Å²) in [6.07, 6.45) is 0.596. The molecule has 78 valence electrons. The first-order chi connectivity index (χ1) is 5.69. The summed E-state index contributed by atoms with van der Waals surface area (Å²) >= 11 is 0. The summed E-state index contributed by atoms with van der Waals surface area (Å²) in [5.41, 5.74) is 3.82. The van der Waals surface area contributed by atoms with E-state index in [9.17, 15) is 9.90 Å². The van der Waals surface area contributed by atoms with Crippen LogP contribution in [0.1, 0.15) is 34.1 Å². The van der Waals surface area contributed by atoms with Crippen molar-refractivity contribution in [3.05, 3.63) is 0 Å². The second-order valence-corrected chi connectivity index (χ2v) is 4.25. The molecule has 0 aromatic carbocycles. The Morgan fingerprint density at radius 2 is 1.92 bits per heavy atom. The molecule has 0 aromatic rings. The van der Waals surface area contributed by atoms with Crippen molar-refractivity contribution in [2.75, 3.05) is 6.54 Å². The molecule has 1 unspecified atom stereocenters. The molecule has 0 aliphatic carbocycles. The van der Waals surface area contributed by atoms with Crippen LogP contribution in [-0.4, -0.2) is 28.7 Å². The van der Waals surface area contributed by atoms with E-state index in [-0.39, 0.29) is 12.5 Å². The van der Waals surface area contributed by atoms with E-state index in [0.717, 1.165) is 0 Å². The van der Waals surface area contributed by atoms with Crippen molar-refractivity contribution in [3.8, 4) is 0 Å². The van der Waals surface area contributed by atoms with Gasteiger partial charge in [0.2, 0.25) is 5.91 Å². The van der Waals surface area contributed by atoms with Crippen LogP contribution in [0.25, 0.3) is 0 Å². The van der Waals surface area contributed by atoms with E-state index in [0.29, 0.717) is 6.42 Å². The topological polar surface area (TPSA) is 75.3 Å². The largest absolute Gasteiger partial charge is 0.388 e. The second kappa shape index (κ2) is 4.07. The van der Waals surface area contributed by atoms with Crippen molar-refractivity contribution in [1.29, 1.82) is 0 Å². The molecule has 0 radical (unpaired) electrons. The van der Waals surface area contributed by atoms with Crippen LogP contribution in [0.15, 0.2) is 0 Å². The summed E-state index contributed by atoms with van der Waals surface area (Å²) in [6, 6.07) is 0. The van der Waals surface area contributed by atoms with Crippen molar-refractivity contribution in [2.24, 2.45) is 5.73 Å². The number of carbonyl (C=O) groups excluding carboxylic acids is 1. The molecule has 1 atom stereocenters. The highest BCUT2D eigenvalue weighted by Crippen LogP contribution is 2.06. The Bertz CT molecular complexity index is 183. The molecular formula is C9H20N2O2. The third kappa shape index (κ3) is 4.85. The Kier molecular flexibility index (Phi) is 3.88. The van der Waals surface area contributed by atoms with E-state index in [1.54, 1.807) is 20.8 Å². The van der Waals surface area contributed by atoms with Gasteiger partial charge < -0.3 is 16.2 Å². The molecule has 0 spiro atoms. The first kappa shape index (κ1) is 12.4. The molecule has 0 rings (SSSR count). The molecular weight excluding hydrogens is 168 g/mol. The lowest BCUT2D eigenvalue weighted by Crippen LogP contribution is -2.52. The Morgan fingerprint density at radius 1 is 1.46 bits per heavy atom. The minimum atomic E-state index is -0.885. The molecule has 0 saturated carbocycles. The number of rotatable bonds is 4. The minimum absolute atomic E-state index is 0.239. The number of hydrogen-bond donors (Lipinski definition) is 3. The summed E-state index contributed by atoms with van der Waals surface area (Å²) in [4.78, 5) is 11.3. The lowest BCUT2D eigenvalue weighted by Gasteiger charge is -2.24. The number of aliphatic hydroxyl groups is 1. The van der Waals surface area contributed by atoms with Crippen LogP contribution >= 0.6 is 0 Å². The zero-order chi connectivity index (χ0) is 10.7. The van der Waals surface area contributed by atoms with Gasteiger partial charge in [0.1, 0.15) is 0 Å². The number of nitrogens with one attached hydrogen (secondary N) is 1. The van der Waals surface area contributed by atoms with Gasteiger partial charge in [-0.3, -0.25) is 4.79 Å². The van der Waals surface area contributed by atoms with E-state index in [1.165, 1.54) is 0 Å². The quantitative estimate of drug-likeness (QED) is 0.581. The van der Waals surface area contributed by atoms with E-state index >= 15 is 0 Å². The van der Waals surface area contributed by atoms with Crippen LogP contribution < -0.4 is 11.1 Å². The SMILES string of the molecule is CCC(C)(O)CNC(=O)C(C)(C)N. The molecule has 0 aliphatic rings. The van der Waals surface area contributed by atoms with Crippen LogP contribution in [0.2, 0.25) is 0 Å². The highest BCUT2D eigenvalue weighted by atomic mass is 16.3. The molecule has 0 aliphatic heterocycles. The predicted octanol–water partition coefficient (Wildman–Crippen LogP) is 0.000900. The summed E-state index contributed by atoms with van der Waals surface area (Å²) < 4.78 is 0. The monoisotopic (exact) mass is 188 g/mol. The van der Waals surface area contributed by atoms with Crippen LogP contribution in [0.4, 0.5) is 0 Å². The maximum atomic E-state index is 11.3. The normalized spacial score (nSPS) is 16.5. The number of nitrogens with two attached hydrogens (primary N) is 1. The lowest BCUT2D eigenvalue weighted by atomic mass is 10.0. The van der Waals surface area contributed by atoms with Gasteiger partial charge in [0.15, 0.2) is 0 Å². The molecule has 4 heteroatoms. The van der Waals surface area contributed by atoms with Crippen molar-refractivity contribution < 1.29 is 9.90 Å². The fourth-order valence-electron chi connectivity index (χ4n) is 0.624. The van der Waals surface area contributed by atoms with Gasteiger partial charge in [-0.25, -0.2) is 0 Å². The molecule has 0 fully saturated rings. The standard InChI is InChI=1S/C9H20N2O2/c1-5-9(4,13)6-11-7(12)8(2,3)10/h13H,5-6,10H2,1-4H3,(H,11,12). The summed E-state index contributed by atoms with van der Waals surface area (Å²) in [5, 5.41) is 12.2. The van der Waals surface area contributed by atoms with E-state index in [1.807, 2.05) is 6.92 Å². The van der Waals surface area contributed by atoms with E-state index in [4.69, 9.17) is 5.73 Å². The summed E-state index contributed by atoms with van der Waals surface area (Å²) in [7, 11) is 0. The summed E-state index contributed by atoms with van der Waals surface area (Å²) in [6.45, 7) is 7.03. The Morgan fingerprint density at radius 3 is 2.23 bits per heavy atom. The van der Waals surface area contributed by atoms with Gasteiger partial charge in [-0.05, 0) is 27.2 Å². The van der Waals surface area contributed by atoms with Crippen LogP contribution in [0.3, 0.4) is 0 Å². The number of amides is 1. The maximum Gasteiger partial charge on any atom is 0.239 e. The van der Waals surface area contributed by atoms with Crippen LogP contribution in [0, 0.1) is 0 Å². The highest BCUT2D eigenvalue weighted by Gasteiger charge is 2.25. The molecule has 1 amide bonds. The van der Waals surface area contributed by atoms with Gasteiger partial charge in [0.25, 0.3) is 0 Å². The smallest absolute Gasteiger partial charge is 0.239 e. The van der Waals surface area contributed by atoms with Gasteiger partial charge in [0.05, 0.1) is 11.1 Å². The Labute approximate surface area is 79.5 Å². The van der Waals surface area contributed by atoms with E-state index in [2.05, 4.69) is 5.32 Å². The average molecular weight is 188 g/mol. The van der Waals surface area contributed by atoms with Gasteiger partial charge in [-0.15, -0.1) is 0 Å². The molecule has 4 nitrogen and oxygen atoms in total. The summed E-state index contributed by atoms with van der Waals surface area (Å²) in [5.74, 6) is -0.249. The van der Waals surface area contributed by atoms with Gasteiger partial charge in [0, 0.05) is 6.54 Å². The molecule has 4 N–H and O–H groups in total. The van der Waals surface area contributed by atoms with Crippen LogP contribution in [0.5, 0.6) is 0 Å². The number of carbonyl (C=O) groups is 1. The van der Waals surface area contributed by atoms with Gasteiger partial charge in [-0.1, -0.05) is 6.92 Å². The average Bonchev–Trinajstić information content (AvgIpc) is 1.98. The van der Waals surface area contributed by atoms with Crippen molar-refractivity contribution in [3.63, 3.8) is 0 Å². The Hall–Kier alpha value is -0.610. The molecule has 0 bridgehead atoms. The first-order valence-corrected chi connectivity index (χ1v) is 4.48. The fourth-order valence-corrected chi connectivity index (χ4v) is 0.624. The van der Waals surface area contributed by atoms with Crippen molar-refractivity contribution in [1.82, 2.24) is 5.32 Å². The van der Waals surface area contributed by atoms with E-state index < -0.39 is 11.1 Å². The third-order valence-electron chi connectivity index (χ3n) is 1.98. The highest BCUT2D eigenvalue weighted by molar-refractivity contribution is 5.85. The van der Waals surface area contributed by atoms with Crippen LogP contribution in [-0.2, 0) is 4.79 Å². The van der Waals surface area contributed by atoms with Gasteiger partial charge in [-0.2, -0.15) is 0 Å². The van der Waals surface area contributed by atoms with Crippen molar-refractivity contribution in [2.45, 2.75) is 45.3 Å². The van der Waals surface area contributed by atoms with Crippen molar-refractivity contribution >= 4 is 5.91 Å². The number of hydrogen-bond acceptors (Lipinski definition) is 3.